The molecule has 0 amide bonds. The largest absolute Gasteiger partial charge is 0.157 e. The van der Waals surface area contributed by atoms with Gasteiger partial charge in [0.15, 0.2) is 0 Å². The van der Waals surface area contributed by atoms with Crippen LogP contribution in [-0.2, 0) is 0 Å². The van der Waals surface area contributed by atoms with Gasteiger partial charge in [0.25, 0.3) is 0 Å². The standard InChI is InChI=1S/C20H38S/c1-8-15-21-16-19(12-10-11-17(3)4)14-13-18(5)20(6,7)9-2/h12-14,17-18H,8-11,15-16H2,1-7H3/b14-13+,19-12+/t18-/m0/s1. The zero-order valence-corrected chi connectivity index (χ0v) is 16.4. The third-order valence-corrected chi connectivity index (χ3v) is 5.74. The van der Waals surface area contributed by atoms with Gasteiger partial charge >= 0.3 is 0 Å². The highest BCUT2D eigenvalue weighted by atomic mass is 32.2. The van der Waals surface area contributed by atoms with E-state index in [1.54, 1.807) is 0 Å². The summed E-state index contributed by atoms with van der Waals surface area (Å²) in [5, 5.41) is 0. The van der Waals surface area contributed by atoms with Gasteiger partial charge in [-0.05, 0) is 47.8 Å². The summed E-state index contributed by atoms with van der Waals surface area (Å²) in [5.74, 6) is 3.87. The first kappa shape index (κ1) is 20.8. The molecule has 124 valence electrons. The molecule has 0 aliphatic rings. The molecule has 0 aromatic heterocycles. The quantitative estimate of drug-likeness (QED) is 0.289. The smallest absolute Gasteiger partial charge is 0.0181 e. The summed E-state index contributed by atoms with van der Waals surface area (Å²) in [6.45, 7) is 16.3. The van der Waals surface area contributed by atoms with Gasteiger partial charge < -0.3 is 0 Å². The van der Waals surface area contributed by atoms with Crippen LogP contribution in [0.25, 0.3) is 0 Å². The summed E-state index contributed by atoms with van der Waals surface area (Å²) >= 11 is 2.07. The molecule has 1 heteroatoms. The van der Waals surface area contributed by atoms with E-state index in [0.717, 1.165) is 5.92 Å². The molecule has 1 atom stereocenters. The van der Waals surface area contributed by atoms with E-state index in [-0.39, 0.29) is 0 Å². The van der Waals surface area contributed by atoms with Crippen molar-refractivity contribution in [1.82, 2.24) is 0 Å². The van der Waals surface area contributed by atoms with Crippen molar-refractivity contribution < 1.29 is 0 Å². The zero-order valence-electron chi connectivity index (χ0n) is 15.5. The Balaban J connectivity index is 4.64. The van der Waals surface area contributed by atoms with Crippen LogP contribution in [0, 0.1) is 17.3 Å². The van der Waals surface area contributed by atoms with Crippen LogP contribution in [0.1, 0.15) is 74.1 Å². The molecule has 0 aliphatic heterocycles. The molecule has 0 rings (SSSR count). The summed E-state index contributed by atoms with van der Waals surface area (Å²) in [5.41, 5.74) is 1.92. The average Bonchev–Trinajstić information content (AvgIpc) is 2.43. The summed E-state index contributed by atoms with van der Waals surface area (Å²) in [6, 6.07) is 0. The normalized spacial score (nSPS) is 15.1. The fourth-order valence-corrected chi connectivity index (χ4v) is 2.84. The Morgan fingerprint density at radius 1 is 1.14 bits per heavy atom. The first-order valence-corrected chi connectivity index (χ1v) is 9.93. The fourth-order valence-electron chi connectivity index (χ4n) is 1.96. The maximum atomic E-state index is 2.46. The van der Waals surface area contributed by atoms with E-state index in [1.165, 1.54) is 42.8 Å². The van der Waals surface area contributed by atoms with Crippen molar-refractivity contribution in [3.8, 4) is 0 Å². The van der Waals surface area contributed by atoms with Crippen LogP contribution in [0.3, 0.4) is 0 Å². The maximum Gasteiger partial charge on any atom is 0.0181 e. The Labute approximate surface area is 138 Å². The molecule has 0 spiro atoms. The molecule has 0 aromatic rings. The fraction of sp³-hybridized carbons (Fsp3) is 0.800. The van der Waals surface area contributed by atoms with E-state index in [2.05, 4.69) is 78.5 Å². The molecule has 0 unspecified atom stereocenters. The highest BCUT2D eigenvalue weighted by molar-refractivity contribution is 7.99. The topological polar surface area (TPSA) is 0 Å². The van der Waals surface area contributed by atoms with E-state index in [0.29, 0.717) is 11.3 Å². The predicted octanol–water partition coefficient (Wildman–Crippen LogP) is 7.12. The van der Waals surface area contributed by atoms with Gasteiger partial charge in [-0.1, -0.05) is 73.1 Å². The molecule has 0 N–H and O–H groups in total. The molecule has 0 aliphatic carbocycles. The lowest BCUT2D eigenvalue weighted by Gasteiger charge is -2.28. The van der Waals surface area contributed by atoms with Crippen LogP contribution in [0.2, 0.25) is 0 Å². The highest BCUT2D eigenvalue weighted by Crippen LogP contribution is 2.31. The minimum Gasteiger partial charge on any atom is -0.157 e. The molecule has 0 aromatic carbocycles. The molecule has 0 nitrogen and oxygen atoms in total. The molecule has 0 bridgehead atoms. The number of hydrogen-bond donors (Lipinski definition) is 0. The van der Waals surface area contributed by atoms with Crippen LogP contribution < -0.4 is 0 Å². The van der Waals surface area contributed by atoms with Crippen LogP contribution in [0.15, 0.2) is 23.8 Å². The van der Waals surface area contributed by atoms with Crippen LogP contribution in [-0.4, -0.2) is 11.5 Å². The number of rotatable bonds is 11. The molecular weight excluding hydrogens is 272 g/mol. The van der Waals surface area contributed by atoms with Gasteiger partial charge in [0.1, 0.15) is 0 Å². The van der Waals surface area contributed by atoms with Gasteiger partial charge in [-0.15, -0.1) is 0 Å². The zero-order chi connectivity index (χ0) is 16.3. The summed E-state index contributed by atoms with van der Waals surface area (Å²) < 4.78 is 0. The Kier molecular flexibility index (Phi) is 11.3. The maximum absolute atomic E-state index is 2.46. The average molecular weight is 311 g/mol. The number of thioether (sulfide) groups is 1. The van der Waals surface area contributed by atoms with E-state index in [9.17, 15) is 0 Å². The number of allylic oxidation sites excluding steroid dienone is 3. The highest BCUT2D eigenvalue weighted by Gasteiger charge is 2.21. The van der Waals surface area contributed by atoms with Gasteiger partial charge in [0, 0.05) is 5.75 Å². The molecule has 21 heavy (non-hydrogen) atoms. The van der Waals surface area contributed by atoms with Crippen molar-refractivity contribution in [1.29, 1.82) is 0 Å². The van der Waals surface area contributed by atoms with Crippen molar-refractivity contribution in [2.45, 2.75) is 74.1 Å². The van der Waals surface area contributed by atoms with Crippen LogP contribution >= 0.6 is 11.8 Å². The molecule has 0 saturated heterocycles. The van der Waals surface area contributed by atoms with E-state index >= 15 is 0 Å². The molecule has 0 radical (unpaired) electrons. The van der Waals surface area contributed by atoms with Crippen molar-refractivity contribution in [3.05, 3.63) is 23.8 Å². The number of hydrogen-bond acceptors (Lipinski definition) is 1. The summed E-state index contributed by atoms with van der Waals surface area (Å²) in [6.07, 6.45) is 12.3. The lowest BCUT2D eigenvalue weighted by molar-refractivity contribution is 0.266. The second kappa shape index (κ2) is 11.4. The van der Waals surface area contributed by atoms with Gasteiger partial charge in [0.2, 0.25) is 0 Å². The van der Waals surface area contributed by atoms with Gasteiger partial charge in [-0.3, -0.25) is 0 Å². The SMILES string of the molecule is CCCSCC(/C=C/[C@H](C)C(C)(C)CC)=C/CCC(C)C. The Morgan fingerprint density at radius 2 is 1.81 bits per heavy atom. The molecule has 0 saturated carbocycles. The molecular formula is C20H38S. The van der Waals surface area contributed by atoms with Crippen molar-refractivity contribution in [2.75, 3.05) is 11.5 Å². The molecule has 0 heterocycles. The van der Waals surface area contributed by atoms with Crippen molar-refractivity contribution >= 4 is 11.8 Å². The Hall–Kier alpha value is -0.170. The Bertz CT molecular complexity index is 310. The monoisotopic (exact) mass is 310 g/mol. The third kappa shape index (κ3) is 10.2. The first-order valence-electron chi connectivity index (χ1n) is 8.78. The van der Waals surface area contributed by atoms with Crippen LogP contribution in [0.4, 0.5) is 0 Å². The second-order valence-corrected chi connectivity index (χ2v) is 8.40. The minimum atomic E-state index is 0.399. The van der Waals surface area contributed by atoms with Crippen molar-refractivity contribution in [3.63, 3.8) is 0 Å². The van der Waals surface area contributed by atoms with Crippen LogP contribution in [0.5, 0.6) is 0 Å². The van der Waals surface area contributed by atoms with Gasteiger partial charge in [-0.2, -0.15) is 11.8 Å². The van der Waals surface area contributed by atoms with Gasteiger partial charge in [0.05, 0.1) is 0 Å². The minimum absolute atomic E-state index is 0.399. The second-order valence-electron chi connectivity index (χ2n) is 7.29. The lowest BCUT2D eigenvalue weighted by Crippen LogP contribution is -2.18. The molecule has 0 fully saturated rings. The summed E-state index contributed by atoms with van der Waals surface area (Å²) in [4.78, 5) is 0. The lowest BCUT2D eigenvalue weighted by atomic mass is 9.77. The van der Waals surface area contributed by atoms with Crippen molar-refractivity contribution in [2.24, 2.45) is 17.3 Å². The van der Waals surface area contributed by atoms with E-state index < -0.39 is 0 Å². The van der Waals surface area contributed by atoms with E-state index in [4.69, 9.17) is 0 Å². The third-order valence-electron chi connectivity index (χ3n) is 4.51. The Morgan fingerprint density at radius 3 is 2.33 bits per heavy atom. The van der Waals surface area contributed by atoms with E-state index in [1.807, 2.05) is 0 Å². The predicted molar refractivity (Wildman–Crippen MR) is 102 cm³/mol. The summed E-state index contributed by atoms with van der Waals surface area (Å²) in [7, 11) is 0. The first-order chi connectivity index (χ1) is 9.83. The van der Waals surface area contributed by atoms with Gasteiger partial charge in [-0.25, -0.2) is 0 Å².